The summed E-state index contributed by atoms with van der Waals surface area (Å²) in [5.41, 5.74) is 2.49. The van der Waals surface area contributed by atoms with Crippen LogP contribution in [0.4, 0.5) is 5.95 Å². The maximum absolute atomic E-state index is 5.73. The first-order valence-electron chi connectivity index (χ1n) is 6.52. The number of hydrogen-bond donors (Lipinski definition) is 0. The van der Waals surface area contributed by atoms with E-state index in [1.807, 2.05) is 31.6 Å². The lowest BCUT2D eigenvalue weighted by atomic mass is 9.90. The molecule has 0 N–H and O–H groups in total. The molecule has 0 amide bonds. The van der Waals surface area contributed by atoms with E-state index in [9.17, 15) is 0 Å². The average Bonchev–Trinajstić information content (AvgIpc) is 2.80. The van der Waals surface area contributed by atoms with Crippen molar-refractivity contribution < 1.29 is 4.74 Å². The highest BCUT2D eigenvalue weighted by atomic mass is 16.5. The van der Waals surface area contributed by atoms with Crippen molar-refractivity contribution in [3.8, 4) is 0 Å². The van der Waals surface area contributed by atoms with Gasteiger partial charge in [0, 0.05) is 20.4 Å². The number of nitrogens with zero attached hydrogens (tertiary/aromatic N) is 6. The monoisotopic (exact) mass is 274 g/mol. The molecule has 0 spiro atoms. The zero-order chi connectivity index (χ0) is 14.3. The van der Waals surface area contributed by atoms with Crippen molar-refractivity contribution >= 4 is 5.95 Å². The van der Waals surface area contributed by atoms with E-state index in [0.29, 0.717) is 19.0 Å². The first kappa shape index (κ1) is 13.0. The van der Waals surface area contributed by atoms with Crippen molar-refractivity contribution in [1.82, 2.24) is 25.0 Å². The van der Waals surface area contributed by atoms with Gasteiger partial charge in [-0.15, -0.1) is 5.10 Å². The summed E-state index contributed by atoms with van der Waals surface area (Å²) < 4.78 is 7.57. The molecule has 0 aliphatic carbocycles. The molecular weight excluding hydrogens is 256 g/mol. The summed E-state index contributed by atoms with van der Waals surface area (Å²) in [6.45, 7) is 5.25. The number of anilines is 1. The van der Waals surface area contributed by atoms with E-state index >= 15 is 0 Å². The third-order valence-electron chi connectivity index (χ3n) is 3.93. The second kappa shape index (κ2) is 4.52. The standard InChI is InChI=1S/C13H18N6O/c1-9-10(2)16-17-12(15-9)19-7-13(8-19,20-4)11-5-6-14-18(11)3/h5-6H,7-8H2,1-4H3. The Labute approximate surface area is 117 Å². The summed E-state index contributed by atoms with van der Waals surface area (Å²) in [6.07, 6.45) is 1.78. The second-order valence-electron chi connectivity index (χ2n) is 5.18. The molecule has 0 bridgehead atoms. The van der Waals surface area contributed by atoms with Gasteiger partial charge in [0.1, 0.15) is 5.60 Å². The Balaban J connectivity index is 1.82. The highest BCUT2D eigenvalue weighted by Gasteiger charge is 2.48. The van der Waals surface area contributed by atoms with Gasteiger partial charge in [-0.3, -0.25) is 4.68 Å². The Bertz CT molecular complexity index is 632. The lowest BCUT2D eigenvalue weighted by molar-refractivity contribution is -0.0452. The molecule has 20 heavy (non-hydrogen) atoms. The van der Waals surface area contributed by atoms with Crippen LogP contribution in [0.15, 0.2) is 12.3 Å². The third kappa shape index (κ3) is 1.85. The number of rotatable bonds is 3. The molecule has 3 rings (SSSR count). The largest absolute Gasteiger partial charge is 0.368 e. The highest BCUT2D eigenvalue weighted by molar-refractivity contribution is 5.40. The highest BCUT2D eigenvalue weighted by Crippen LogP contribution is 2.36. The van der Waals surface area contributed by atoms with Crippen molar-refractivity contribution in [2.45, 2.75) is 19.4 Å². The Hall–Kier alpha value is -2.02. The van der Waals surface area contributed by atoms with Crippen LogP contribution in [0.3, 0.4) is 0 Å². The van der Waals surface area contributed by atoms with Crippen molar-refractivity contribution in [3.05, 3.63) is 29.3 Å². The Morgan fingerprint density at radius 1 is 1.20 bits per heavy atom. The summed E-state index contributed by atoms with van der Waals surface area (Å²) in [6, 6.07) is 1.99. The Morgan fingerprint density at radius 2 is 1.95 bits per heavy atom. The maximum Gasteiger partial charge on any atom is 0.245 e. The van der Waals surface area contributed by atoms with Crippen LogP contribution in [0.25, 0.3) is 0 Å². The van der Waals surface area contributed by atoms with E-state index < -0.39 is 0 Å². The van der Waals surface area contributed by atoms with Crippen molar-refractivity contribution in [1.29, 1.82) is 0 Å². The minimum Gasteiger partial charge on any atom is -0.368 e. The van der Waals surface area contributed by atoms with E-state index in [2.05, 4.69) is 25.2 Å². The fourth-order valence-electron chi connectivity index (χ4n) is 2.51. The van der Waals surface area contributed by atoms with Crippen LogP contribution in [-0.2, 0) is 17.4 Å². The number of hydrogen-bond acceptors (Lipinski definition) is 6. The number of aryl methyl sites for hydroxylation is 3. The summed E-state index contributed by atoms with van der Waals surface area (Å²) in [5.74, 6) is 0.656. The van der Waals surface area contributed by atoms with E-state index in [0.717, 1.165) is 17.1 Å². The van der Waals surface area contributed by atoms with Gasteiger partial charge in [-0.05, 0) is 19.9 Å². The topological polar surface area (TPSA) is 69.0 Å². The summed E-state index contributed by atoms with van der Waals surface area (Å²) >= 11 is 0. The fourth-order valence-corrected chi connectivity index (χ4v) is 2.51. The molecule has 3 heterocycles. The molecule has 2 aromatic rings. The quantitative estimate of drug-likeness (QED) is 0.815. The molecule has 7 heteroatoms. The molecule has 0 aromatic carbocycles. The van der Waals surface area contributed by atoms with Crippen LogP contribution < -0.4 is 4.90 Å². The minimum atomic E-state index is -0.340. The molecule has 0 unspecified atom stereocenters. The van der Waals surface area contributed by atoms with Crippen LogP contribution in [0, 0.1) is 13.8 Å². The molecule has 1 fully saturated rings. The molecule has 0 atom stereocenters. The van der Waals surface area contributed by atoms with E-state index in [-0.39, 0.29) is 5.60 Å². The molecular formula is C13H18N6O. The molecule has 1 saturated heterocycles. The number of ether oxygens (including phenoxy) is 1. The minimum absolute atomic E-state index is 0.340. The predicted molar refractivity (Wildman–Crippen MR) is 73.4 cm³/mol. The molecule has 2 aromatic heterocycles. The van der Waals surface area contributed by atoms with Gasteiger partial charge in [-0.25, -0.2) is 4.98 Å². The van der Waals surface area contributed by atoms with Gasteiger partial charge in [-0.2, -0.15) is 10.2 Å². The van der Waals surface area contributed by atoms with Crippen LogP contribution >= 0.6 is 0 Å². The third-order valence-corrected chi connectivity index (χ3v) is 3.93. The predicted octanol–water partition coefficient (Wildman–Crippen LogP) is 0.584. The Kier molecular flexibility index (Phi) is 2.93. The zero-order valence-electron chi connectivity index (χ0n) is 12.2. The lowest BCUT2D eigenvalue weighted by Gasteiger charge is -2.48. The summed E-state index contributed by atoms with van der Waals surface area (Å²) in [4.78, 5) is 6.54. The van der Waals surface area contributed by atoms with Gasteiger partial charge in [0.05, 0.1) is 30.2 Å². The lowest BCUT2D eigenvalue weighted by Crippen LogP contribution is -2.62. The fraction of sp³-hybridized carbons (Fsp3) is 0.538. The van der Waals surface area contributed by atoms with Gasteiger partial charge in [0.15, 0.2) is 0 Å². The van der Waals surface area contributed by atoms with Crippen LogP contribution in [0.1, 0.15) is 17.1 Å². The van der Waals surface area contributed by atoms with Crippen LogP contribution in [0.5, 0.6) is 0 Å². The van der Waals surface area contributed by atoms with Crippen molar-refractivity contribution in [2.24, 2.45) is 7.05 Å². The second-order valence-corrected chi connectivity index (χ2v) is 5.18. The van der Waals surface area contributed by atoms with Gasteiger partial charge < -0.3 is 9.64 Å². The van der Waals surface area contributed by atoms with Crippen LogP contribution in [-0.4, -0.2) is 45.2 Å². The van der Waals surface area contributed by atoms with Crippen molar-refractivity contribution in [2.75, 3.05) is 25.1 Å². The van der Waals surface area contributed by atoms with Gasteiger partial charge in [0.25, 0.3) is 0 Å². The zero-order valence-corrected chi connectivity index (χ0v) is 12.2. The molecule has 1 aliphatic heterocycles. The maximum atomic E-state index is 5.73. The summed E-state index contributed by atoms with van der Waals surface area (Å²) in [5, 5.41) is 12.5. The number of methoxy groups -OCH3 is 1. The van der Waals surface area contributed by atoms with E-state index in [4.69, 9.17) is 4.74 Å². The van der Waals surface area contributed by atoms with E-state index in [1.54, 1.807) is 13.3 Å². The van der Waals surface area contributed by atoms with Gasteiger partial charge in [-0.1, -0.05) is 0 Å². The SMILES string of the molecule is COC1(c2ccnn2C)CN(c2nnc(C)c(C)n2)C1. The number of aromatic nitrogens is 5. The van der Waals surface area contributed by atoms with Gasteiger partial charge in [0.2, 0.25) is 5.95 Å². The Morgan fingerprint density at radius 3 is 2.50 bits per heavy atom. The normalized spacial score (nSPS) is 17.1. The smallest absolute Gasteiger partial charge is 0.245 e. The first-order chi connectivity index (χ1) is 9.55. The molecule has 0 saturated carbocycles. The molecule has 7 nitrogen and oxygen atoms in total. The van der Waals surface area contributed by atoms with Crippen LogP contribution in [0.2, 0.25) is 0 Å². The molecule has 1 aliphatic rings. The average molecular weight is 274 g/mol. The molecule has 0 radical (unpaired) electrons. The van der Waals surface area contributed by atoms with E-state index in [1.165, 1.54) is 0 Å². The van der Waals surface area contributed by atoms with Crippen molar-refractivity contribution in [3.63, 3.8) is 0 Å². The summed E-state index contributed by atoms with van der Waals surface area (Å²) in [7, 11) is 3.65. The first-order valence-corrected chi connectivity index (χ1v) is 6.52. The van der Waals surface area contributed by atoms with Gasteiger partial charge >= 0.3 is 0 Å². The molecule has 106 valence electrons.